The molecule has 5 heteroatoms. The summed E-state index contributed by atoms with van der Waals surface area (Å²) in [6, 6.07) is 13.8. The molecule has 0 fully saturated rings. The number of hydrogen-bond donors (Lipinski definition) is 1. The Kier molecular flexibility index (Phi) is 7.13. The number of rotatable bonds is 9. The first kappa shape index (κ1) is 21.4. The topological polar surface area (TPSA) is 64.3 Å². The highest BCUT2D eigenvalue weighted by Crippen LogP contribution is 2.26. The molecule has 1 heterocycles. The molecule has 0 saturated heterocycles. The van der Waals surface area contributed by atoms with Crippen molar-refractivity contribution in [2.24, 2.45) is 0 Å². The molecule has 0 aliphatic rings. The van der Waals surface area contributed by atoms with Crippen LogP contribution >= 0.6 is 0 Å². The molecule has 1 aromatic heterocycles. The quantitative estimate of drug-likeness (QED) is 0.491. The average molecular weight is 405 g/mol. The number of nitrogens with zero attached hydrogens (tertiary/aromatic N) is 2. The lowest BCUT2D eigenvalue weighted by molar-refractivity contribution is -0.137. The first-order chi connectivity index (χ1) is 14.5. The van der Waals surface area contributed by atoms with E-state index in [-0.39, 0.29) is 12.3 Å². The van der Waals surface area contributed by atoms with Gasteiger partial charge in [-0.2, -0.15) is 5.10 Å². The van der Waals surface area contributed by atoms with Gasteiger partial charge in [0.15, 0.2) is 0 Å². The van der Waals surface area contributed by atoms with Gasteiger partial charge in [-0.15, -0.1) is 5.92 Å². The molecule has 1 atom stereocenters. The minimum absolute atomic E-state index is 0.00958. The molecule has 5 nitrogen and oxygen atoms in total. The second kappa shape index (κ2) is 9.98. The average Bonchev–Trinajstić information content (AvgIpc) is 3.07. The van der Waals surface area contributed by atoms with Crippen molar-refractivity contribution < 1.29 is 14.6 Å². The summed E-state index contributed by atoms with van der Waals surface area (Å²) in [6.07, 6.45) is 2.23. The molecular weight excluding hydrogens is 376 g/mol. The molecule has 2 aromatic carbocycles. The molecular formula is C25H28N2O3. The maximum Gasteiger partial charge on any atom is 0.304 e. The molecule has 156 valence electrons. The van der Waals surface area contributed by atoms with Gasteiger partial charge in [-0.25, -0.2) is 0 Å². The van der Waals surface area contributed by atoms with Crippen LogP contribution in [0, 0.1) is 18.8 Å². The Labute approximate surface area is 177 Å². The summed E-state index contributed by atoms with van der Waals surface area (Å²) < 4.78 is 8.12. The lowest BCUT2D eigenvalue weighted by atomic mass is 9.96. The van der Waals surface area contributed by atoms with Crippen molar-refractivity contribution in [2.75, 3.05) is 0 Å². The van der Waals surface area contributed by atoms with Crippen LogP contribution in [0.3, 0.4) is 0 Å². The smallest absolute Gasteiger partial charge is 0.304 e. The summed E-state index contributed by atoms with van der Waals surface area (Å²) in [5.74, 6) is 5.36. The number of carboxylic acids is 1. The Hall–Kier alpha value is -3.26. The number of carboxylic acid groups (broad SMARTS) is 1. The number of aromatic nitrogens is 2. The standard InChI is InChI=1S/C25H28N2O3/c1-4-6-15-27-23-10-7-9-21(25(23)18(3)26-27)17-30-22-13-11-19(12-14-22)20(8-5-2)16-24(28)29/h7,9-14,20H,4,6,15-17H2,1-3H3,(H,28,29)/t20-/m0/s1. The van der Waals surface area contributed by atoms with E-state index in [9.17, 15) is 4.79 Å². The Balaban J connectivity index is 1.75. The van der Waals surface area contributed by atoms with E-state index in [1.54, 1.807) is 6.92 Å². The van der Waals surface area contributed by atoms with Crippen molar-refractivity contribution >= 4 is 16.9 Å². The fourth-order valence-corrected chi connectivity index (χ4v) is 3.66. The van der Waals surface area contributed by atoms with Crippen molar-refractivity contribution in [3.05, 3.63) is 59.3 Å². The third kappa shape index (κ3) is 5.01. The number of aryl methyl sites for hydroxylation is 2. The van der Waals surface area contributed by atoms with Gasteiger partial charge in [0.25, 0.3) is 0 Å². The molecule has 0 saturated carbocycles. The van der Waals surface area contributed by atoms with Crippen LogP contribution < -0.4 is 4.74 Å². The highest BCUT2D eigenvalue weighted by molar-refractivity contribution is 5.85. The molecule has 0 spiro atoms. The Morgan fingerprint density at radius 1 is 1.23 bits per heavy atom. The molecule has 30 heavy (non-hydrogen) atoms. The Morgan fingerprint density at radius 2 is 2.00 bits per heavy atom. The summed E-state index contributed by atoms with van der Waals surface area (Å²) in [7, 11) is 0. The maximum atomic E-state index is 11.1. The third-order valence-corrected chi connectivity index (χ3v) is 5.14. The van der Waals surface area contributed by atoms with Gasteiger partial charge in [-0.1, -0.05) is 43.5 Å². The van der Waals surface area contributed by atoms with Gasteiger partial charge < -0.3 is 9.84 Å². The lowest BCUT2D eigenvalue weighted by Crippen LogP contribution is -2.04. The largest absolute Gasteiger partial charge is 0.489 e. The van der Waals surface area contributed by atoms with E-state index < -0.39 is 5.97 Å². The zero-order valence-corrected chi connectivity index (χ0v) is 17.8. The summed E-state index contributed by atoms with van der Waals surface area (Å²) in [6.45, 7) is 7.32. The molecule has 3 rings (SSSR count). The first-order valence-electron chi connectivity index (χ1n) is 10.3. The monoisotopic (exact) mass is 404 g/mol. The van der Waals surface area contributed by atoms with Crippen molar-refractivity contribution in [3.8, 4) is 17.6 Å². The van der Waals surface area contributed by atoms with E-state index in [1.165, 1.54) is 0 Å². The van der Waals surface area contributed by atoms with Gasteiger partial charge in [0.05, 0.1) is 23.5 Å². The highest BCUT2D eigenvalue weighted by Gasteiger charge is 2.14. The van der Waals surface area contributed by atoms with Gasteiger partial charge in [0.1, 0.15) is 12.4 Å². The molecule has 1 N–H and O–H groups in total. The zero-order valence-electron chi connectivity index (χ0n) is 17.8. The predicted octanol–water partition coefficient (Wildman–Crippen LogP) is 5.31. The van der Waals surface area contributed by atoms with Gasteiger partial charge in [-0.05, 0) is 44.0 Å². The molecule has 0 unspecified atom stereocenters. The SMILES string of the molecule is CC#C[C@@H](CC(=O)O)c1ccc(OCc2cccc3c2c(C)nn3CCCC)cc1. The van der Waals surface area contributed by atoms with E-state index in [0.717, 1.165) is 52.9 Å². The number of aliphatic carboxylic acids is 1. The number of benzene rings is 2. The summed E-state index contributed by atoms with van der Waals surface area (Å²) in [5.41, 5.74) is 4.16. The number of ether oxygens (including phenoxy) is 1. The van der Waals surface area contributed by atoms with Crippen LogP contribution in [0.4, 0.5) is 0 Å². The number of carbonyl (C=O) groups is 1. The molecule has 3 aromatic rings. The summed E-state index contributed by atoms with van der Waals surface area (Å²) >= 11 is 0. The van der Waals surface area contributed by atoms with E-state index >= 15 is 0 Å². The highest BCUT2D eigenvalue weighted by atomic mass is 16.5. The van der Waals surface area contributed by atoms with E-state index in [4.69, 9.17) is 14.9 Å². The maximum absolute atomic E-state index is 11.1. The number of fused-ring (bicyclic) bond motifs is 1. The van der Waals surface area contributed by atoms with Gasteiger partial charge in [-0.3, -0.25) is 9.48 Å². The molecule has 0 aliphatic carbocycles. The molecule has 0 radical (unpaired) electrons. The van der Waals surface area contributed by atoms with Crippen molar-refractivity contribution in [2.45, 2.75) is 59.1 Å². The molecule has 0 aliphatic heterocycles. The van der Waals surface area contributed by atoms with Crippen LogP contribution in [0.2, 0.25) is 0 Å². The minimum atomic E-state index is -0.856. The van der Waals surface area contributed by atoms with Crippen LogP contribution in [-0.4, -0.2) is 20.9 Å². The fraction of sp³-hybridized carbons (Fsp3) is 0.360. The van der Waals surface area contributed by atoms with Crippen LogP contribution in [0.1, 0.15) is 55.8 Å². The van der Waals surface area contributed by atoms with Crippen LogP contribution in [0.25, 0.3) is 10.9 Å². The fourth-order valence-electron chi connectivity index (χ4n) is 3.66. The van der Waals surface area contributed by atoms with Gasteiger partial charge in [0, 0.05) is 17.5 Å². The minimum Gasteiger partial charge on any atom is -0.489 e. The first-order valence-corrected chi connectivity index (χ1v) is 10.3. The Morgan fingerprint density at radius 3 is 2.67 bits per heavy atom. The van der Waals surface area contributed by atoms with Crippen LogP contribution in [0.5, 0.6) is 5.75 Å². The van der Waals surface area contributed by atoms with Crippen LogP contribution in [0.15, 0.2) is 42.5 Å². The molecule has 0 bridgehead atoms. The van der Waals surface area contributed by atoms with Gasteiger partial charge in [0.2, 0.25) is 0 Å². The van der Waals surface area contributed by atoms with E-state index in [1.807, 2.05) is 37.3 Å². The van der Waals surface area contributed by atoms with E-state index in [2.05, 4.69) is 35.6 Å². The zero-order chi connectivity index (χ0) is 21.5. The van der Waals surface area contributed by atoms with Crippen LogP contribution in [-0.2, 0) is 17.9 Å². The number of unbranched alkanes of at least 4 members (excludes halogenated alkanes) is 1. The van der Waals surface area contributed by atoms with Crippen molar-refractivity contribution in [1.29, 1.82) is 0 Å². The van der Waals surface area contributed by atoms with Crippen molar-refractivity contribution in [3.63, 3.8) is 0 Å². The predicted molar refractivity (Wildman–Crippen MR) is 119 cm³/mol. The summed E-state index contributed by atoms with van der Waals surface area (Å²) in [4.78, 5) is 11.1. The third-order valence-electron chi connectivity index (χ3n) is 5.14. The second-order valence-electron chi connectivity index (χ2n) is 7.38. The number of hydrogen-bond acceptors (Lipinski definition) is 3. The summed E-state index contributed by atoms with van der Waals surface area (Å²) in [5, 5.41) is 15.0. The lowest BCUT2D eigenvalue weighted by Gasteiger charge is -2.11. The molecule has 0 amide bonds. The Bertz CT molecular complexity index is 1070. The van der Waals surface area contributed by atoms with E-state index in [0.29, 0.717) is 6.61 Å². The normalized spacial score (nSPS) is 11.7. The van der Waals surface area contributed by atoms with Gasteiger partial charge >= 0.3 is 5.97 Å². The second-order valence-corrected chi connectivity index (χ2v) is 7.38. The van der Waals surface area contributed by atoms with Crippen molar-refractivity contribution in [1.82, 2.24) is 9.78 Å².